The van der Waals surface area contributed by atoms with Crippen LogP contribution in [0.3, 0.4) is 0 Å². The normalized spacial score (nSPS) is 17.9. The molecule has 1 atom stereocenters. The van der Waals surface area contributed by atoms with Crippen molar-refractivity contribution < 1.29 is 4.74 Å². The van der Waals surface area contributed by atoms with Crippen LogP contribution in [0.25, 0.3) is 0 Å². The summed E-state index contributed by atoms with van der Waals surface area (Å²) in [6.07, 6.45) is 7.45. The lowest BCUT2D eigenvalue weighted by Crippen LogP contribution is -2.40. The summed E-state index contributed by atoms with van der Waals surface area (Å²) in [7, 11) is 1.98. The van der Waals surface area contributed by atoms with Gasteiger partial charge in [0.1, 0.15) is 0 Å². The van der Waals surface area contributed by atoms with E-state index in [0.29, 0.717) is 5.92 Å². The van der Waals surface area contributed by atoms with Crippen LogP contribution in [0.2, 0.25) is 0 Å². The molecule has 138 valence electrons. The van der Waals surface area contributed by atoms with Gasteiger partial charge in [0.15, 0.2) is 5.96 Å². The first-order valence-corrected chi connectivity index (χ1v) is 8.84. The molecule has 1 aromatic rings. The van der Waals surface area contributed by atoms with Crippen molar-refractivity contribution in [2.24, 2.45) is 12.0 Å². The summed E-state index contributed by atoms with van der Waals surface area (Å²) in [5.74, 6) is 1.61. The van der Waals surface area contributed by atoms with Gasteiger partial charge in [-0.25, -0.2) is 0 Å². The van der Waals surface area contributed by atoms with Crippen molar-refractivity contribution in [3.63, 3.8) is 0 Å². The average Bonchev–Trinajstić information content (AvgIpc) is 3.18. The zero-order valence-electron chi connectivity index (χ0n) is 15.2. The summed E-state index contributed by atoms with van der Waals surface area (Å²) in [6, 6.07) is 0. The molecule has 1 fully saturated rings. The number of hydrogen-bond donors (Lipinski definition) is 1. The molecule has 0 saturated carbocycles. The van der Waals surface area contributed by atoms with Gasteiger partial charge in [-0.1, -0.05) is 0 Å². The number of aryl methyl sites for hydroxylation is 1. The van der Waals surface area contributed by atoms with Crippen molar-refractivity contribution >= 4 is 29.9 Å². The number of unbranched alkanes of at least 4 members (excludes halogenated alkanes) is 1. The van der Waals surface area contributed by atoms with Gasteiger partial charge in [0.05, 0.1) is 6.20 Å². The van der Waals surface area contributed by atoms with Crippen molar-refractivity contribution in [3.05, 3.63) is 18.0 Å². The minimum Gasteiger partial charge on any atom is -0.382 e. The smallest absolute Gasteiger partial charge is 0.193 e. The first kappa shape index (κ1) is 21.2. The van der Waals surface area contributed by atoms with Crippen LogP contribution in [-0.4, -0.2) is 60.0 Å². The van der Waals surface area contributed by atoms with Gasteiger partial charge in [0.2, 0.25) is 0 Å². The molecular formula is C17H32IN5O. The maximum absolute atomic E-state index is 5.37. The monoisotopic (exact) mass is 449 g/mol. The van der Waals surface area contributed by atoms with E-state index in [1.807, 2.05) is 24.9 Å². The molecule has 6 nitrogen and oxygen atoms in total. The highest BCUT2D eigenvalue weighted by molar-refractivity contribution is 14.0. The largest absolute Gasteiger partial charge is 0.382 e. The SMILES string of the molecule is CCNC(=NCCCCOCC)N1CCC(c2cnn(C)c2)C1.I. The van der Waals surface area contributed by atoms with Gasteiger partial charge < -0.3 is 15.0 Å². The predicted molar refractivity (Wildman–Crippen MR) is 109 cm³/mol. The van der Waals surface area contributed by atoms with Gasteiger partial charge in [-0.05, 0) is 38.7 Å². The number of halogens is 1. The van der Waals surface area contributed by atoms with E-state index < -0.39 is 0 Å². The Morgan fingerprint density at radius 1 is 1.42 bits per heavy atom. The molecule has 1 aromatic heterocycles. The van der Waals surface area contributed by atoms with Gasteiger partial charge in [0, 0.05) is 58.6 Å². The number of rotatable bonds is 8. The van der Waals surface area contributed by atoms with Gasteiger partial charge >= 0.3 is 0 Å². The van der Waals surface area contributed by atoms with Crippen molar-refractivity contribution in [2.75, 3.05) is 39.4 Å². The molecule has 2 heterocycles. The molecule has 0 aromatic carbocycles. The molecule has 1 aliphatic rings. The summed E-state index contributed by atoms with van der Waals surface area (Å²) in [5.41, 5.74) is 1.34. The number of aliphatic imine (C=N–C) groups is 1. The summed E-state index contributed by atoms with van der Waals surface area (Å²) >= 11 is 0. The lowest BCUT2D eigenvalue weighted by molar-refractivity contribution is 0.144. The number of nitrogens with zero attached hydrogens (tertiary/aromatic N) is 4. The number of ether oxygens (including phenoxy) is 1. The van der Waals surface area contributed by atoms with Crippen LogP contribution in [0.5, 0.6) is 0 Å². The second-order valence-electron chi connectivity index (χ2n) is 6.02. The molecule has 1 saturated heterocycles. The average molecular weight is 449 g/mol. The Morgan fingerprint density at radius 2 is 2.25 bits per heavy atom. The van der Waals surface area contributed by atoms with Gasteiger partial charge in [0.25, 0.3) is 0 Å². The highest BCUT2D eigenvalue weighted by Gasteiger charge is 2.26. The molecule has 2 rings (SSSR count). The number of aromatic nitrogens is 2. The van der Waals surface area contributed by atoms with E-state index in [1.54, 1.807) is 0 Å². The van der Waals surface area contributed by atoms with E-state index in [2.05, 4.69) is 28.4 Å². The lowest BCUT2D eigenvalue weighted by Gasteiger charge is -2.21. The molecule has 24 heavy (non-hydrogen) atoms. The Hall–Kier alpha value is -0.830. The highest BCUT2D eigenvalue weighted by Crippen LogP contribution is 2.26. The Labute approximate surface area is 163 Å². The van der Waals surface area contributed by atoms with Crippen LogP contribution in [0.1, 0.15) is 44.6 Å². The number of guanidine groups is 1. The van der Waals surface area contributed by atoms with Crippen molar-refractivity contribution in [2.45, 2.75) is 39.0 Å². The molecule has 1 unspecified atom stereocenters. The quantitative estimate of drug-likeness (QED) is 0.287. The third-order valence-electron chi connectivity index (χ3n) is 4.18. The predicted octanol–water partition coefficient (Wildman–Crippen LogP) is 2.61. The minimum absolute atomic E-state index is 0. The maximum Gasteiger partial charge on any atom is 0.193 e. The van der Waals surface area contributed by atoms with E-state index in [-0.39, 0.29) is 24.0 Å². The number of nitrogens with one attached hydrogen (secondary N) is 1. The van der Waals surface area contributed by atoms with E-state index in [1.165, 1.54) is 12.0 Å². The van der Waals surface area contributed by atoms with Gasteiger partial charge in [-0.15, -0.1) is 24.0 Å². The third kappa shape index (κ3) is 6.58. The Balaban J connectivity index is 0.00000288. The standard InChI is InChI=1S/C17H31N5O.HI/c1-4-18-17(19-9-6-7-11-23-5-2)22-10-8-15(14-22)16-12-20-21(3)13-16;/h12-13,15H,4-11,14H2,1-3H3,(H,18,19);1H. The zero-order chi connectivity index (χ0) is 16.5. The van der Waals surface area contributed by atoms with Gasteiger partial charge in [-0.2, -0.15) is 5.10 Å². The van der Waals surface area contributed by atoms with Crippen LogP contribution in [0, 0.1) is 0 Å². The Kier molecular flexibility index (Phi) is 10.3. The Morgan fingerprint density at radius 3 is 2.92 bits per heavy atom. The van der Waals surface area contributed by atoms with Crippen molar-refractivity contribution in [1.82, 2.24) is 20.0 Å². The van der Waals surface area contributed by atoms with Crippen molar-refractivity contribution in [3.8, 4) is 0 Å². The fourth-order valence-electron chi connectivity index (χ4n) is 2.95. The van der Waals surface area contributed by atoms with Gasteiger partial charge in [-0.3, -0.25) is 9.67 Å². The molecule has 1 aliphatic heterocycles. The van der Waals surface area contributed by atoms with Crippen LogP contribution in [0.15, 0.2) is 17.4 Å². The topological polar surface area (TPSA) is 54.7 Å². The van der Waals surface area contributed by atoms with E-state index in [4.69, 9.17) is 9.73 Å². The molecule has 0 spiro atoms. The first-order chi connectivity index (χ1) is 11.2. The van der Waals surface area contributed by atoms with Crippen LogP contribution in [0.4, 0.5) is 0 Å². The van der Waals surface area contributed by atoms with E-state index in [9.17, 15) is 0 Å². The zero-order valence-corrected chi connectivity index (χ0v) is 17.5. The van der Waals surface area contributed by atoms with E-state index >= 15 is 0 Å². The molecule has 0 bridgehead atoms. The molecular weight excluding hydrogens is 417 g/mol. The molecule has 0 radical (unpaired) electrons. The van der Waals surface area contributed by atoms with Crippen molar-refractivity contribution in [1.29, 1.82) is 0 Å². The summed E-state index contributed by atoms with van der Waals surface area (Å²) in [6.45, 7) is 9.66. The fraction of sp³-hybridized carbons (Fsp3) is 0.765. The molecule has 1 N–H and O–H groups in total. The molecule has 7 heteroatoms. The summed E-state index contributed by atoms with van der Waals surface area (Å²) in [4.78, 5) is 7.16. The summed E-state index contributed by atoms with van der Waals surface area (Å²) in [5, 5.41) is 7.72. The lowest BCUT2D eigenvalue weighted by atomic mass is 10.0. The maximum atomic E-state index is 5.37. The van der Waals surface area contributed by atoms with E-state index in [0.717, 1.165) is 58.2 Å². The third-order valence-corrected chi connectivity index (χ3v) is 4.18. The van der Waals surface area contributed by atoms with Crippen LogP contribution in [-0.2, 0) is 11.8 Å². The molecule has 0 amide bonds. The highest BCUT2D eigenvalue weighted by atomic mass is 127. The number of likely N-dealkylation sites (tertiary alicyclic amines) is 1. The van der Waals surface area contributed by atoms with Crippen LogP contribution >= 0.6 is 24.0 Å². The minimum atomic E-state index is 0. The van der Waals surface area contributed by atoms with Crippen LogP contribution < -0.4 is 5.32 Å². The number of hydrogen-bond acceptors (Lipinski definition) is 3. The Bertz CT molecular complexity index is 491. The fourth-order valence-corrected chi connectivity index (χ4v) is 2.95. The first-order valence-electron chi connectivity index (χ1n) is 8.84. The summed E-state index contributed by atoms with van der Waals surface area (Å²) < 4.78 is 7.26. The molecule has 0 aliphatic carbocycles. The second kappa shape index (κ2) is 11.7. The second-order valence-corrected chi connectivity index (χ2v) is 6.02.